The molecule has 4 nitrogen and oxygen atoms in total. The van der Waals surface area contributed by atoms with Gasteiger partial charge in [-0.3, -0.25) is 4.79 Å². The summed E-state index contributed by atoms with van der Waals surface area (Å²) in [6, 6.07) is 5.68. The second-order valence-electron chi connectivity index (χ2n) is 5.70. The number of amides is 1. The van der Waals surface area contributed by atoms with Gasteiger partial charge in [-0.1, -0.05) is 20.3 Å². The van der Waals surface area contributed by atoms with Crippen LogP contribution in [0, 0.1) is 6.92 Å². The first-order chi connectivity index (χ1) is 10.5. The molecule has 1 aromatic rings. The van der Waals surface area contributed by atoms with Crippen LogP contribution >= 0.6 is 0 Å². The Bertz CT molecular complexity index is 487. The highest BCUT2D eigenvalue weighted by Gasteiger charge is 2.33. The number of carbonyl (C=O) groups is 1. The minimum absolute atomic E-state index is 0.0913. The lowest BCUT2D eigenvalue weighted by Crippen LogP contribution is -2.43. The molecule has 22 heavy (non-hydrogen) atoms. The maximum absolute atomic E-state index is 12.6. The van der Waals surface area contributed by atoms with Crippen molar-refractivity contribution in [3.05, 3.63) is 23.8 Å². The standard InChI is InChI=1S/C18H29NO3/c1-6-11-18(5,22-12-7-2)17(20)19-15-9-10-16(21-8-3)14(4)13-15/h9-10,13H,6-8,11-12H2,1-5H3,(H,19,20)/t18-/m1/s1. The van der Waals surface area contributed by atoms with Gasteiger partial charge in [-0.25, -0.2) is 0 Å². The van der Waals surface area contributed by atoms with Gasteiger partial charge in [0.25, 0.3) is 5.91 Å². The van der Waals surface area contributed by atoms with Crippen LogP contribution in [0.1, 0.15) is 52.5 Å². The van der Waals surface area contributed by atoms with Crippen molar-refractivity contribution < 1.29 is 14.3 Å². The molecule has 0 saturated carbocycles. The van der Waals surface area contributed by atoms with Crippen LogP contribution in [0.25, 0.3) is 0 Å². The van der Waals surface area contributed by atoms with Crippen molar-refractivity contribution in [3.63, 3.8) is 0 Å². The molecule has 0 fully saturated rings. The predicted molar refractivity (Wildman–Crippen MR) is 90.5 cm³/mol. The molecular weight excluding hydrogens is 278 g/mol. The zero-order valence-electron chi connectivity index (χ0n) is 14.5. The molecule has 0 unspecified atom stereocenters. The molecule has 1 atom stereocenters. The third kappa shape index (κ3) is 5.02. The lowest BCUT2D eigenvalue weighted by atomic mass is 9.98. The van der Waals surface area contributed by atoms with E-state index in [1.54, 1.807) is 0 Å². The van der Waals surface area contributed by atoms with Crippen LogP contribution in [0.15, 0.2) is 18.2 Å². The topological polar surface area (TPSA) is 47.6 Å². The minimum Gasteiger partial charge on any atom is -0.494 e. The van der Waals surface area contributed by atoms with Crippen molar-refractivity contribution in [1.82, 2.24) is 0 Å². The third-order valence-electron chi connectivity index (χ3n) is 3.56. The van der Waals surface area contributed by atoms with Crippen molar-refractivity contribution >= 4 is 11.6 Å². The van der Waals surface area contributed by atoms with E-state index in [2.05, 4.69) is 12.2 Å². The lowest BCUT2D eigenvalue weighted by molar-refractivity contribution is -0.140. The monoisotopic (exact) mass is 307 g/mol. The largest absolute Gasteiger partial charge is 0.494 e. The molecule has 1 amide bonds. The van der Waals surface area contributed by atoms with E-state index in [0.29, 0.717) is 19.6 Å². The summed E-state index contributed by atoms with van der Waals surface area (Å²) in [7, 11) is 0. The van der Waals surface area contributed by atoms with Crippen LogP contribution in [0.4, 0.5) is 5.69 Å². The van der Waals surface area contributed by atoms with Crippen LogP contribution in [0.5, 0.6) is 5.75 Å². The van der Waals surface area contributed by atoms with Crippen molar-refractivity contribution in [2.75, 3.05) is 18.5 Å². The van der Waals surface area contributed by atoms with Gasteiger partial charge in [0.15, 0.2) is 0 Å². The summed E-state index contributed by atoms with van der Waals surface area (Å²) in [4.78, 5) is 12.6. The van der Waals surface area contributed by atoms with Crippen molar-refractivity contribution in [3.8, 4) is 5.75 Å². The Morgan fingerprint density at radius 1 is 1.23 bits per heavy atom. The Balaban J connectivity index is 2.82. The number of ether oxygens (including phenoxy) is 2. The average Bonchev–Trinajstić information content (AvgIpc) is 2.48. The molecule has 1 aromatic carbocycles. The molecule has 0 spiro atoms. The van der Waals surface area contributed by atoms with E-state index >= 15 is 0 Å². The predicted octanol–water partition coefficient (Wildman–Crippen LogP) is 4.32. The van der Waals surface area contributed by atoms with Gasteiger partial charge >= 0.3 is 0 Å². The lowest BCUT2D eigenvalue weighted by Gasteiger charge is -2.28. The molecule has 0 radical (unpaired) electrons. The van der Waals surface area contributed by atoms with Gasteiger partial charge in [0.1, 0.15) is 11.4 Å². The third-order valence-corrected chi connectivity index (χ3v) is 3.56. The second kappa shape index (κ2) is 8.79. The van der Waals surface area contributed by atoms with Crippen LogP contribution in [-0.2, 0) is 9.53 Å². The number of aryl methyl sites for hydroxylation is 1. The molecule has 1 N–H and O–H groups in total. The first-order valence-corrected chi connectivity index (χ1v) is 8.15. The van der Waals surface area contributed by atoms with E-state index in [4.69, 9.17) is 9.47 Å². The summed E-state index contributed by atoms with van der Waals surface area (Å²) in [5.74, 6) is 0.755. The second-order valence-corrected chi connectivity index (χ2v) is 5.70. The SMILES string of the molecule is CCCO[C@](C)(CCC)C(=O)Nc1ccc(OCC)c(C)c1. The Morgan fingerprint density at radius 3 is 2.50 bits per heavy atom. The first-order valence-electron chi connectivity index (χ1n) is 8.15. The maximum Gasteiger partial charge on any atom is 0.256 e. The van der Waals surface area contributed by atoms with Gasteiger partial charge in [-0.05, 0) is 57.4 Å². The molecular formula is C18H29NO3. The number of benzene rings is 1. The summed E-state index contributed by atoms with van der Waals surface area (Å²) in [5.41, 5.74) is 0.997. The van der Waals surface area contributed by atoms with Crippen molar-refractivity contribution in [1.29, 1.82) is 0 Å². The van der Waals surface area contributed by atoms with Crippen molar-refractivity contribution in [2.24, 2.45) is 0 Å². The normalized spacial score (nSPS) is 13.5. The average molecular weight is 307 g/mol. The summed E-state index contributed by atoms with van der Waals surface area (Å²) in [6.45, 7) is 11.1. The molecule has 0 aromatic heterocycles. The summed E-state index contributed by atoms with van der Waals surface area (Å²) >= 11 is 0. The number of rotatable bonds is 9. The van der Waals surface area contributed by atoms with Gasteiger partial charge in [0.05, 0.1) is 6.61 Å². The number of hydrogen-bond acceptors (Lipinski definition) is 3. The Hall–Kier alpha value is -1.55. The fourth-order valence-corrected chi connectivity index (χ4v) is 2.36. The fraction of sp³-hybridized carbons (Fsp3) is 0.611. The molecule has 1 rings (SSSR count). The fourth-order valence-electron chi connectivity index (χ4n) is 2.36. The van der Waals surface area contributed by atoms with Gasteiger partial charge < -0.3 is 14.8 Å². The van der Waals surface area contributed by atoms with E-state index in [9.17, 15) is 4.79 Å². The van der Waals surface area contributed by atoms with E-state index in [-0.39, 0.29) is 5.91 Å². The molecule has 0 bridgehead atoms. The van der Waals surface area contributed by atoms with E-state index in [1.807, 2.05) is 45.9 Å². The van der Waals surface area contributed by atoms with Crippen LogP contribution < -0.4 is 10.1 Å². The van der Waals surface area contributed by atoms with Gasteiger partial charge in [0, 0.05) is 12.3 Å². The van der Waals surface area contributed by atoms with Gasteiger partial charge in [-0.15, -0.1) is 0 Å². The first kappa shape index (κ1) is 18.5. The smallest absolute Gasteiger partial charge is 0.256 e. The highest BCUT2D eigenvalue weighted by molar-refractivity contribution is 5.97. The molecule has 0 aliphatic heterocycles. The Morgan fingerprint density at radius 2 is 1.95 bits per heavy atom. The molecule has 0 aliphatic carbocycles. The molecule has 4 heteroatoms. The van der Waals surface area contributed by atoms with Crippen LogP contribution in [-0.4, -0.2) is 24.7 Å². The minimum atomic E-state index is -0.781. The van der Waals surface area contributed by atoms with Gasteiger partial charge in [0.2, 0.25) is 0 Å². The van der Waals surface area contributed by atoms with E-state index in [1.165, 1.54) is 0 Å². The Labute approximate surface area is 134 Å². The highest BCUT2D eigenvalue weighted by atomic mass is 16.5. The number of nitrogens with one attached hydrogen (secondary N) is 1. The quantitative estimate of drug-likeness (QED) is 0.739. The summed E-state index contributed by atoms with van der Waals surface area (Å²) in [5, 5.41) is 2.97. The molecule has 124 valence electrons. The summed E-state index contributed by atoms with van der Waals surface area (Å²) in [6.07, 6.45) is 2.50. The molecule has 0 aliphatic rings. The Kier molecular flexibility index (Phi) is 7.39. The highest BCUT2D eigenvalue weighted by Crippen LogP contribution is 2.25. The number of anilines is 1. The molecule has 0 saturated heterocycles. The van der Waals surface area contributed by atoms with Crippen LogP contribution in [0.3, 0.4) is 0 Å². The zero-order chi connectivity index (χ0) is 16.6. The van der Waals surface area contributed by atoms with Crippen LogP contribution in [0.2, 0.25) is 0 Å². The molecule has 0 heterocycles. The van der Waals surface area contributed by atoms with E-state index < -0.39 is 5.60 Å². The maximum atomic E-state index is 12.6. The van der Waals surface area contributed by atoms with E-state index in [0.717, 1.165) is 29.8 Å². The van der Waals surface area contributed by atoms with Crippen molar-refractivity contribution in [2.45, 2.75) is 59.5 Å². The van der Waals surface area contributed by atoms with Gasteiger partial charge in [-0.2, -0.15) is 0 Å². The zero-order valence-corrected chi connectivity index (χ0v) is 14.5. The number of hydrogen-bond donors (Lipinski definition) is 1. The summed E-state index contributed by atoms with van der Waals surface area (Å²) < 4.78 is 11.3. The number of carbonyl (C=O) groups excluding carboxylic acids is 1.